The van der Waals surface area contributed by atoms with E-state index in [0.717, 1.165) is 12.5 Å². The van der Waals surface area contributed by atoms with Crippen LogP contribution in [-0.2, 0) is 0 Å². The van der Waals surface area contributed by atoms with Gasteiger partial charge >= 0.3 is 0 Å². The molecule has 0 aromatic heterocycles. The molecule has 0 spiro atoms. The van der Waals surface area contributed by atoms with Gasteiger partial charge in [-0.2, -0.15) is 0 Å². The molecule has 2 nitrogen and oxygen atoms in total. The number of hydrogen-bond donors (Lipinski definition) is 1. The zero-order chi connectivity index (χ0) is 13.4. The smallest absolute Gasteiger partial charge is 0.00476 e. The Labute approximate surface area is 115 Å². The first kappa shape index (κ1) is 16.0. The molecule has 18 heavy (non-hydrogen) atoms. The molecular formula is C16H34N2. The third-order valence-corrected chi connectivity index (χ3v) is 4.38. The van der Waals surface area contributed by atoms with Crippen LogP contribution in [-0.4, -0.2) is 37.6 Å². The van der Waals surface area contributed by atoms with E-state index in [9.17, 15) is 0 Å². The van der Waals surface area contributed by atoms with Crippen LogP contribution in [0.15, 0.2) is 0 Å². The average Bonchev–Trinajstić information content (AvgIpc) is 2.77. The first-order valence-electron chi connectivity index (χ1n) is 8.06. The van der Waals surface area contributed by atoms with Crippen molar-refractivity contribution in [3.63, 3.8) is 0 Å². The minimum atomic E-state index is 0.465. The largest absolute Gasteiger partial charge is 0.316 e. The van der Waals surface area contributed by atoms with E-state index in [0.29, 0.717) is 5.41 Å². The van der Waals surface area contributed by atoms with Gasteiger partial charge in [-0.25, -0.2) is 0 Å². The van der Waals surface area contributed by atoms with Gasteiger partial charge in [0.15, 0.2) is 0 Å². The maximum atomic E-state index is 3.63. The van der Waals surface area contributed by atoms with Gasteiger partial charge in [-0.1, -0.05) is 40.5 Å². The third-order valence-electron chi connectivity index (χ3n) is 4.38. The van der Waals surface area contributed by atoms with Crippen LogP contribution in [0.5, 0.6) is 0 Å². The highest BCUT2D eigenvalue weighted by Crippen LogP contribution is 2.28. The van der Waals surface area contributed by atoms with Crippen molar-refractivity contribution in [3.05, 3.63) is 0 Å². The van der Waals surface area contributed by atoms with Crippen molar-refractivity contribution in [1.82, 2.24) is 10.2 Å². The summed E-state index contributed by atoms with van der Waals surface area (Å²) in [5, 5.41) is 3.63. The van der Waals surface area contributed by atoms with Gasteiger partial charge in [0.1, 0.15) is 0 Å². The second-order valence-corrected chi connectivity index (χ2v) is 6.54. The molecule has 1 heterocycles. The van der Waals surface area contributed by atoms with E-state index in [1.807, 2.05) is 0 Å². The predicted molar refractivity (Wildman–Crippen MR) is 81.0 cm³/mol. The molecule has 1 N–H and O–H groups in total. The summed E-state index contributed by atoms with van der Waals surface area (Å²) in [7, 11) is 0. The number of likely N-dealkylation sites (tertiary alicyclic amines) is 1. The van der Waals surface area contributed by atoms with Crippen LogP contribution in [0.2, 0.25) is 0 Å². The van der Waals surface area contributed by atoms with Crippen LogP contribution in [0, 0.1) is 11.3 Å². The summed E-state index contributed by atoms with van der Waals surface area (Å²) in [6.45, 7) is 15.7. The monoisotopic (exact) mass is 254 g/mol. The molecule has 2 heteroatoms. The van der Waals surface area contributed by atoms with Crippen molar-refractivity contribution < 1.29 is 0 Å². The van der Waals surface area contributed by atoms with Gasteiger partial charge in [0.05, 0.1) is 0 Å². The quantitative estimate of drug-likeness (QED) is 0.633. The van der Waals surface area contributed by atoms with Crippen molar-refractivity contribution in [2.75, 3.05) is 32.7 Å². The molecule has 1 aliphatic rings. The van der Waals surface area contributed by atoms with E-state index in [1.165, 1.54) is 58.3 Å². The zero-order valence-corrected chi connectivity index (χ0v) is 13.1. The van der Waals surface area contributed by atoms with Crippen LogP contribution >= 0.6 is 0 Å². The molecule has 0 aliphatic carbocycles. The molecule has 1 saturated heterocycles. The van der Waals surface area contributed by atoms with Crippen molar-refractivity contribution in [2.24, 2.45) is 11.3 Å². The highest BCUT2D eigenvalue weighted by atomic mass is 15.2. The fourth-order valence-corrected chi connectivity index (χ4v) is 3.32. The average molecular weight is 254 g/mol. The van der Waals surface area contributed by atoms with Crippen molar-refractivity contribution in [3.8, 4) is 0 Å². The lowest BCUT2D eigenvalue weighted by molar-refractivity contribution is 0.168. The molecule has 1 fully saturated rings. The third kappa shape index (κ3) is 5.27. The Balaban J connectivity index is 2.40. The first-order chi connectivity index (χ1) is 8.63. The van der Waals surface area contributed by atoms with Gasteiger partial charge in [0.25, 0.3) is 0 Å². The summed E-state index contributed by atoms with van der Waals surface area (Å²) in [6, 6.07) is 0. The number of rotatable bonds is 9. The number of nitrogens with one attached hydrogen (secondary N) is 1. The van der Waals surface area contributed by atoms with E-state index in [4.69, 9.17) is 0 Å². The van der Waals surface area contributed by atoms with Crippen LogP contribution < -0.4 is 5.32 Å². The van der Waals surface area contributed by atoms with Gasteiger partial charge in [-0.15, -0.1) is 0 Å². The minimum absolute atomic E-state index is 0.465. The van der Waals surface area contributed by atoms with E-state index in [-0.39, 0.29) is 0 Å². The second kappa shape index (κ2) is 8.16. The molecule has 0 aromatic rings. The molecular weight excluding hydrogens is 220 g/mol. The van der Waals surface area contributed by atoms with Crippen molar-refractivity contribution in [2.45, 2.75) is 59.8 Å². The normalized spacial score (nSPS) is 24.3. The summed E-state index contributed by atoms with van der Waals surface area (Å²) >= 11 is 0. The number of nitrogens with zero attached hydrogens (tertiary/aromatic N) is 1. The fourth-order valence-electron chi connectivity index (χ4n) is 3.32. The highest BCUT2D eigenvalue weighted by Gasteiger charge is 2.29. The van der Waals surface area contributed by atoms with Gasteiger partial charge in [0, 0.05) is 19.6 Å². The lowest BCUT2D eigenvalue weighted by Gasteiger charge is -2.34. The summed E-state index contributed by atoms with van der Waals surface area (Å²) in [5.41, 5.74) is 0.465. The van der Waals surface area contributed by atoms with E-state index in [1.54, 1.807) is 0 Å². The van der Waals surface area contributed by atoms with Crippen LogP contribution in [0.25, 0.3) is 0 Å². The molecule has 2 atom stereocenters. The Morgan fingerprint density at radius 3 is 2.56 bits per heavy atom. The Morgan fingerprint density at radius 2 is 2.00 bits per heavy atom. The first-order valence-corrected chi connectivity index (χ1v) is 8.06. The summed E-state index contributed by atoms with van der Waals surface area (Å²) < 4.78 is 0. The SMILES string of the molecule is CCCNCC(C)(CCC)CN1CCC(CC)C1. The topological polar surface area (TPSA) is 15.3 Å². The molecule has 1 aliphatic heterocycles. The van der Waals surface area contributed by atoms with Gasteiger partial charge in [-0.05, 0) is 43.7 Å². The minimum Gasteiger partial charge on any atom is -0.316 e. The second-order valence-electron chi connectivity index (χ2n) is 6.54. The Morgan fingerprint density at radius 1 is 1.22 bits per heavy atom. The van der Waals surface area contributed by atoms with E-state index < -0.39 is 0 Å². The lowest BCUT2D eigenvalue weighted by atomic mass is 9.84. The highest BCUT2D eigenvalue weighted by molar-refractivity contribution is 4.84. The van der Waals surface area contributed by atoms with E-state index >= 15 is 0 Å². The summed E-state index contributed by atoms with van der Waals surface area (Å²) in [6.07, 6.45) is 6.66. The zero-order valence-electron chi connectivity index (χ0n) is 13.1. The Kier molecular flexibility index (Phi) is 7.25. The van der Waals surface area contributed by atoms with Gasteiger partial charge in [-0.3, -0.25) is 0 Å². The fraction of sp³-hybridized carbons (Fsp3) is 1.00. The maximum absolute atomic E-state index is 3.63. The summed E-state index contributed by atoms with van der Waals surface area (Å²) in [5.74, 6) is 0.958. The molecule has 0 aromatic carbocycles. The van der Waals surface area contributed by atoms with Gasteiger partial charge in [0.2, 0.25) is 0 Å². The van der Waals surface area contributed by atoms with Crippen LogP contribution in [0.1, 0.15) is 59.8 Å². The molecule has 0 bridgehead atoms. The Hall–Kier alpha value is -0.0800. The van der Waals surface area contributed by atoms with Crippen LogP contribution in [0.3, 0.4) is 0 Å². The molecule has 108 valence electrons. The van der Waals surface area contributed by atoms with Crippen molar-refractivity contribution in [1.29, 1.82) is 0 Å². The molecule has 0 amide bonds. The molecule has 1 rings (SSSR count). The van der Waals surface area contributed by atoms with Crippen LogP contribution in [0.4, 0.5) is 0 Å². The lowest BCUT2D eigenvalue weighted by Crippen LogP contribution is -2.41. The van der Waals surface area contributed by atoms with E-state index in [2.05, 4.69) is 37.9 Å². The maximum Gasteiger partial charge on any atom is 0.00476 e. The predicted octanol–water partition coefficient (Wildman–Crippen LogP) is 3.52. The summed E-state index contributed by atoms with van der Waals surface area (Å²) in [4.78, 5) is 2.71. The van der Waals surface area contributed by atoms with Crippen molar-refractivity contribution >= 4 is 0 Å². The molecule has 2 unspecified atom stereocenters. The standard InChI is InChI=1S/C16H34N2/c1-5-9-16(4,13-17-10-6-2)14-18-11-8-15(7-3)12-18/h15,17H,5-14H2,1-4H3. The molecule has 0 saturated carbocycles. The Bertz CT molecular complexity index is 217. The number of hydrogen-bond acceptors (Lipinski definition) is 2. The van der Waals surface area contributed by atoms with Gasteiger partial charge < -0.3 is 10.2 Å². The molecule has 0 radical (unpaired) electrons.